The summed E-state index contributed by atoms with van der Waals surface area (Å²) in [5.74, 6) is 1.62. The highest BCUT2D eigenvalue weighted by molar-refractivity contribution is 5.79. The van der Waals surface area contributed by atoms with Gasteiger partial charge >= 0.3 is 0 Å². The molecule has 0 aliphatic carbocycles. The van der Waals surface area contributed by atoms with E-state index in [1.807, 2.05) is 55.1 Å². The average Bonchev–Trinajstić information content (AvgIpc) is 2.77. The average molecular weight is 478 g/mol. The molecule has 0 saturated heterocycles. The largest absolute Gasteiger partial charge is 0.495 e. The third kappa shape index (κ3) is 6.11. The first-order valence-electron chi connectivity index (χ1n) is 12.4. The third-order valence-corrected chi connectivity index (χ3v) is 6.17. The Morgan fingerprint density at radius 3 is 2.43 bits per heavy atom. The number of methoxy groups -OCH3 is 1. The van der Waals surface area contributed by atoms with Crippen molar-refractivity contribution in [3.05, 3.63) is 64.2 Å². The smallest absolute Gasteiger partial charge is 0.266 e. The fraction of sp³-hybridized carbons (Fsp3) is 0.483. The predicted molar refractivity (Wildman–Crippen MR) is 142 cm³/mol. The second kappa shape index (κ2) is 10.6. The Labute approximate surface area is 208 Å². The van der Waals surface area contributed by atoms with E-state index in [0.717, 1.165) is 12.0 Å². The van der Waals surface area contributed by atoms with Gasteiger partial charge in [0, 0.05) is 13.0 Å². The second-order valence-electron chi connectivity index (χ2n) is 11.0. The maximum atomic E-state index is 13.9. The molecule has 188 valence electrons. The maximum absolute atomic E-state index is 13.9. The molecule has 1 unspecified atom stereocenters. The molecule has 0 spiro atoms. The van der Waals surface area contributed by atoms with E-state index in [9.17, 15) is 9.59 Å². The zero-order valence-corrected chi connectivity index (χ0v) is 22.4. The fourth-order valence-electron chi connectivity index (χ4n) is 4.26. The van der Waals surface area contributed by atoms with Crippen LogP contribution < -0.4 is 10.3 Å². The fourth-order valence-corrected chi connectivity index (χ4v) is 4.26. The molecule has 0 radical (unpaired) electrons. The minimum Gasteiger partial charge on any atom is -0.495 e. The molecule has 0 bridgehead atoms. The van der Waals surface area contributed by atoms with Crippen molar-refractivity contribution in [3.63, 3.8) is 0 Å². The minimum absolute atomic E-state index is 0.0656. The summed E-state index contributed by atoms with van der Waals surface area (Å²) in [4.78, 5) is 34.3. The Bertz CT molecular complexity index is 1250. The number of rotatable bonds is 8. The van der Waals surface area contributed by atoms with Gasteiger partial charge in [-0.05, 0) is 61.4 Å². The highest BCUT2D eigenvalue weighted by Gasteiger charge is 2.30. The lowest BCUT2D eigenvalue weighted by Crippen LogP contribution is -2.39. The lowest BCUT2D eigenvalue weighted by molar-refractivity contribution is -0.135. The minimum atomic E-state index is -0.411. The molecular formula is C29H39N3O3. The first-order valence-corrected chi connectivity index (χ1v) is 12.4. The predicted octanol–water partition coefficient (Wildman–Crippen LogP) is 6.07. The highest BCUT2D eigenvalue weighted by Crippen LogP contribution is 2.30. The summed E-state index contributed by atoms with van der Waals surface area (Å²) in [6.07, 6.45) is 1.28. The van der Waals surface area contributed by atoms with E-state index in [-0.39, 0.29) is 16.9 Å². The maximum Gasteiger partial charge on any atom is 0.266 e. The Balaban J connectivity index is 2.27. The van der Waals surface area contributed by atoms with Crippen LogP contribution in [-0.4, -0.2) is 34.0 Å². The highest BCUT2D eigenvalue weighted by atomic mass is 16.5. The van der Waals surface area contributed by atoms with E-state index in [2.05, 4.69) is 34.6 Å². The Morgan fingerprint density at radius 2 is 1.80 bits per heavy atom. The summed E-state index contributed by atoms with van der Waals surface area (Å²) in [7, 11) is 1.60. The Kier molecular flexibility index (Phi) is 8.04. The quantitative estimate of drug-likeness (QED) is 0.395. The third-order valence-electron chi connectivity index (χ3n) is 6.17. The van der Waals surface area contributed by atoms with Crippen LogP contribution in [0.15, 0.2) is 47.3 Å². The van der Waals surface area contributed by atoms with Crippen molar-refractivity contribution in [1.29, 1.82) is 0 Å². The Hall–Kier alpha value is -3.15. The monoisotopic (exact) mass is 477 g/mol. The zero-order valence-electron chi connectivity index (χ0n) is 22.4. The van der Waals surface area contributed by atoms with E-state index in [0.29, 0.717) is 47.0 Å². The molecule has 0 aliphatic rings. The van der Waals surface area contributed by atoms with E-state index in [1.165, 1.54) is 0 Å². The molecule has 6 heteroatoms. The molecule has 0 aliphatic heterocycles. The summed E-state index contributed by atoms with van der Waals surface area (Å²) < 4.78 is 7.27. The number of fused-ring (bicyclic) bond motifs is 1. The molecule has 1 aromatic heterocycles. The van der Waals surface area contributed by atoms with Gasteiger partial charge < -0.3 is 9.64 Å². The van der Waals surface area contributed by atoms with Gasteiger partial charge in [-0.3, -0.25) is 14.2 Å². The van der Waals surface area contributed by atoms with Crippen molar-refractivity contribution >= 4 is 16.8 Å². The summed E-state index contributed by atoms with van der Waals surface area (Å²) in [6.45, 7) is 15.1. The van der Waals surface area contributed by atoms with Gasteiger partial charge in [-0.2, -0.15) is 0 Å². The number of carbonyl (C=O) groups is 1. The van der Waals surface area contributed by atoms with Crippen LogP contribution in [-0.2, 0) is 4.79 Å². The molecule has 1 heterocycles. The van der Waals surface area contributed by atoms with Gasteiger partial charge in [0.1, 0.15) is 11.6 Å². The van der Waals surface area contributed by atoms with E-state index < -0.39 is 6.04 Å². The first-order chi connectivity index (χ1) is 16.4. The standard InChI is InChI=1S/C29H39N3O3/c1-19(2)15-16-31(26(33)18-29(5,6)7)21(4)27-30-23-12-10-9-11-22(23)28(34)32(27)24-17-20(3)13-14-25(24)35-8/h9-14,17,19,21H,15-16,18H2,1-8H3. The van der Waals surface area contributed by atoms with Gasteiger partial charge in [0.05, 0.1) is 29.7 Å². The van der Waals surface area contributed by atoms with Crippen LogP contribution in [0.5, 0.6) is 5.75 Å². The van der Waals surface area contributed by atoms with Crippen LogP contribution >= 0.6 is 0 Å². The number of carbonyl (C=O) groups excluding carboxylic acids is 1. The molecule has 3 aromatic rings. The number of aromatic nitrogens is 2. The lowest BCUT2D eigenvalue weighted by Gasteiger charge is -2.33. The normalized spacial score (nSPS) is 12.7. The number of hydrogen-bond donors (Lipinski definition) is 0. The van der Waals surface area contributed by atoms with Crippen LogP contribution in [0.4, 0.5) is 0 Å². The molecular weight excluding hydrogens is 438 g/mol. The van der Waals surface area contributed by atoms with E-state index in [1.54, 1.807) is 17.7 Å². The number of amides is 1. The van der Waals surface area contributed by atoms with Crippen molar-refractivity contribution in [2.24, 2.45) is 11.3 Å². The molecule has 2 aromatic carbocycles. The van der Waals surface area contributed by atoms with Crippen LogP contribution in [0.3, 0.4) is 0 Å². The van der Waals surface area contributed by atoms with Gasteiger partial charge in [0.2, 0.25) is 5.91 Å². The van der Waals surface area contributed by atoms with Crippen LogP contribution in [0.25, 0.3) is 16.6 Å². The summed E-state index contributed by atoms with van der Waals surface area (Å²) in [5, 5.41) is 0.529. The molecule has 6 nitrogen and oxygen atoms in total. The summed E-state index contributed by atoms with van der Waals surface area (Å²) >= 11 is 0. The molecule has 1 amide bonds. The number of aryl methyl sites for hydroxylation is 1. The van der Waals surface area contributed by atoms with Gasteiger partial charge in [0.15, 0.2) is 0 Å². The summed E-state index contributed by atoms with van der Waals surface area (Å²) in [6, 6.07) is 12.7. The number of hydrogen-bond acceptors (Lipinski definition) is 4. The van der Waals surface area contributed by atoms with E-state index >= 15 is 0 Å². The van der Waals surface area contributed by atoms with Crippen molar-refractivity contribution < 1.29 is 9.53 Å². The van der Waals surface area contributed by atoms with Gasteiger partial charge in [-0.25, -0.2) is 4.98 Å². The molecule has 1 atom stereocenters. The van der Waals surface area contributed by atoms with Gasteiger partial charge in [0.25, 0.3) is 5.56 Å². The second-order valence-corrected chi connectivity index (χ2v) is 11.0. The van der Waals surface area contributed by atoms with E-state index in [4.69, 9.17) is 9.72 Å². The number of nitrogens with zero attached hydrogens (tertiary/aromatic N) is 3. The molecule has 0 fully saturated rings. The SMILES string of the molecule is COc1ccc(C)cc1-n1c(C(C)N(CCC(C)C)C(=O)CC(C)(C)C)nc2ccccc2c1=O. The van der Waals surface area contributed by atoms with Crippen LogP contribution in [0.2, 0.25) is 0 Å². The molecule has 0 saturated carbocycles. The molecule has 0 N–H and O–H groups in total. The number of para-hydroxylation sites is 1. The van der Waals surface area contributed by atoms with Crippen molar-refractivity contribution in [2.75, 3.05) is 13.7 Å². The number of ether oxygens (including phenoxy) is 1. The topological polar surface area (TPSA) is 64.4 Å². The Morgan fingerprint density at radius 1 is 1.11 bits per heavy atom. The van der Waals surface area contributed by atoms with Crippen LogP contribution in [0, 0.1) is 18.3 Å². The van der Waals surface area contributed by atoms with Crippen molar-refractivity contribution in [2.45, 2.75) is 67.3 Å². The van der Waals surface area contributed by atoms with Crippen LogP contribution in [0.1, 0.15) is 71.8 Å². The van der Waals surface area contributed by atoms with Crippen molar-refractivity contribution in [3.8, 4) is 11.4 Å². The summed E-state index contributed by atoms with van der Waals surface area (Å²) in [5.41, 5.74) is 1.93. The van der Waals surface area contributed by atoms with Gasteiger partial charge in [-0.15, -0.1) is 0 Å². The van der Waals surface area contributed by atoms with Crippen molar-refractivity contribution in [1.82, 2.24) is 14.5 Å². The first kappa shape index (κ1) is 26.5. The van der Waals surface area contributed by atoms with Gasteiger partial charge in [-0.1, -0.05) is 52.8 Å². The lowest BCUT2D eigenvalue weighted by atomic mass is 9.91. The number of benzene rings is 2. The molecule has 35 heavy (non-hydrogen) atoms. The zero-order chi connectivity index (χ0) is 25.9. The molecule has 3 rings (SSSR count).